The van der Waals surface area contributed by atoms with E-state index in [0.29, 0.717) is 26.9 Å². The third-order valence-corrected chi connectivity index (χ3v) is 4.54. The Kier molecular flexibility index (Phi) is 3.99. The van der Waals surface area contributed by atoms with Crippen molar-refractivity contribution in [3.8, 4) is 0 Å². The maximum absolute atomic E-state index is 14.2. The van der Waals surface area contributed by atoms with Gasteiger partial charge in [-0.1, -0.05) is 23.7 Å². The molecule has 2 aromatic carbocycles. The van der Waals surface area contributed by atoms with Gasteiger partial charge in [0.05, 0.1) is 10.4 Å². The van der Waals surface area contributed by atoms with Gasteiger partial charge in [0, 0.05) is 28.0 Å². The fourth-order valence-corrected chi connectivity index (χ4v) is 3.21. The molecule has 3 rings (SSSR count). The first-order valence-electron chi connectivity index (χ1n) is 6.35. The quantitative estimate of drug-likeness (QED) is 0.551. The normalized spacial score (nSPS) is 11.0. The monoisotopic (exact) mass is 318 g/mol. The van der Waals surface area contributed by atoms with Crippen LogP contribution in [0.5, 0.6) is 0 Å². The molecule has 2 nitrogen and oxygen atoms in total. The number of benzene rings is 2. The van der Waals surface area contributed by atoms with E-state index in [4.69, 9.17) is 17.3 Å². The summed E-state index contributed by atoms with van der Waals surface area (Å²) in [5, 5.41) is 1.46. The van der Waals surface area contributed by atoms with Crippen molar-refractivity contribution in [2.75, 3.05) is 5.73 Å². The van der Waals surface area contributed by atoms with Crippen LogP contribution < -0.4 is 5.73 Å². The number of rotatable bonds is 3. The molecule has 3 aromatic rings. The highest BCUT2D eigenvalue weighted by molar-refractivity contribution is 7.98. The molecule has 5 heteroatoms. The number of hydrogen-bond donors (Lipinski definition) is 1. The Hall–Kier alpha value is -1.78. The Labute approximate surface area is 131 Å². The van der Waals surface area contributed by atoms with E-state index in [1.807, 2.05) is 30.3 Å². The van der Waals surface area contributed by atoms with E-state index in [1.165, 1.54) is 17.8 Å². The molecular weight excluding hydrogens is 307 g/mol. The minimum atomic E-state index is -0.335. The van der Waals surface area contributed by atoms with E-state index in [1.54, 1.807) is 12.3 Å². The Morgan fingerprint density at radius 1 is 1.19 bits per heavy atom. The molecule has 0 bridgehead atoms. The average molecular weight is 319 g/mol. The minimum Gasteiger partial charge on any atom is -0.398 e. The van der Waals surface area contributed by atoms with Crippen LogP contribution in [0.15, 0.2) is 53.6 Å². The predicted octanol–water partition coefficient (Wildman–Crippen LogP) is 4.90. The van der Waals surface area contributed by atoms with Crippen LogP contribution in [0.4, 0.5) is 10.1 Å². The summed E-state index contributed by atoms with van der Waals surface area (Å²) in [6.45, 7) is 0. The van der Waals surface area contributed by atoms with E-state index >= 15 is 0 Å². The van der Waals surface area contributed by atoms with Crippen LogP contribution in [0.25, 0.3) is 10.9 Å². The molecule has 0 aliphatic carbocycles. The molecule has 0 spiro atoms. The first-order valence-corrected chi connectivity index (χ1v) is 7.71. The van der Waals surface area contributed by atoms with Crippen LogP contribution in [0.2, 0.25) is 5.02 Å². The maximum Gasteiger partial charge on any atom is 0.141 e. The van der Waals surface area contributed by atoms with E-state index in [2.05, 4.69) is 4.98 Å². The fraction of sp³-hybridized carbons (Fsp3) is 0.0625. The van der Waals surface area contributed by atoms with Gasteiger partial charge in [0.1, 0.15) is 5.82 Å². The molecule has 0 atom stereocenters. The zero-order valence-corrected chi connectivity index (χ0v) is 12.6. The van der Waals surface area contributed by atoms with Gasteiger partial charge in [-0.05, 0) is 35.9 Å². The van der Waals surface area contributed by atoms with Crippen LogP contribution in [-0.4, -0.2) is 4.98 Å². The third kappa shape index (κ3) is 2.96. The van der Waals surface area contributed by atoms with E-state index in [9.17, 15) is 4.39 Å². The number of fused-ring (bicyclic) bond motifs is 1. The van der Waals surface area contributed by atoms with Gasteiger partial charge >= 0.3 is 0 Å². The Morgan fingerprint density at radius 3 is 2.71 bits per heavy atom. The summed E-state index contributed by atoms with van der Waals surface area (Å²) in [6.07, 6.45) is 1.65. The van der Waals surface area contributed by atoms with Crippen LogP contribution in [-0.2, 0) is 5.75 Å². The zero-order valence-electron chi connectivity index (χ0n) is 11.0. The maximum atomic E-state index is 14.2. The van der Waals surface area contributed by atoms with Gasteiger partial charge in [-0.2, -0.15) is 0 Å². The summed E-state index contributed by atoms with van der Waals surface area (Å²) >= 11 is 7.27. The lowest BCUT2D eigenvalue weighted by Gasteiger charge is -2.09. The largest absolute Gasteiger partial charge is 0.398 e. The number of anilines is 1. The van der Waals surface area contributed by atoms with E-state index in [0.717, 1.165) is 10.9 Å². The lowest BCUT2D eigenvalue weighted by Crippen LogP contribution is -1.94. The number of halogens is 2. The smallest absolute Gasteiger partial charge is 0.141 e. The first-order chi connectivity index (χ1) is 10.1. The van der Waals surface area contributed by atoms with Gasteiger partial charge in [-0.25, -0.2) is 4.39 Å². The number of nitrogens with zero attached hydrogens (tertiary/aromatic N) is 1. The number of hydrogen-bond acceptors (Lipinski definition) is 3. The number of nitrogens with two attached hydrogens (primary N) is 1. The molecule has 0 unspecified atom stereocenters. The summed E-state index contributed by atoms with van der Waals surface area (Å²) in [6, 6.07) is 12.5. The summed E-state index contributed by atoms with van der Waals surface area (Å²) in [5.74, 6) is 0.307. The van der Waals surface area contributed by atoms with Gasteiger partial charge in [0.2, 0.25) is 0 Å². The Bertz CT molecular complexity index is 790. The number of aromatic nitrogens is 1. The molecule has 0 aliphatic rings. The topological polar surface area (TPSA) is 38.9 Å². The van der Waals surface area contributed by atoms with Crippen molar-refractivity contribution in [1.29, 1.82) is 0 Å². The molecule has 0 amide bonds. The lowest BCUT2D eigenvalue weighted by atomic mass is 10.2. The van der Waals surface area contributed by atoms with Gasteiger partial charge < -0.3 is 5.73 Å². The second-order valence-corrected chi connectivity index (χ2v) is 6.01. The zero-order chi connectivity index (χ0) is 14.8. The molecule has 1 aromatic heterocycles. The summed E-state index contributed by atoms with van der Waals surface area (Å²) in [5.41, 5.74) is 7.93. The molecular formula is C16H12ClFN2S. The highest BCUT2D eigenvalue weighted by atomic mass is 35.5. The summed E-state index contributed by atoms with van der Waals surface area (Å²) < 4.78 is 14.2. The molecule has 0 radical (unpaired) electrons. The summed E-state index contributed by atoms with van der Waals surface area (Å²) in [4.78, 5) is 4.79. The fourth-order valence-electron chi connectivity index (χ4n) is 2.09. The second-order valence-electron chi connectivity index (χ2n) is 4.59. The van der Waals surface area contributed by atoms with E-state index in [-0.39, 0.29) is 5.82 Å². The van der Waals surface area contributed by atoms with Gasteiger partial charge in [-0.3, -0.25) is 4.98 Å². The van der Waals surface area contributed by atoms with Crippen LogP contribution >= 0.6 is 23.4 Å². The van der Waals surface area contributed by atoms with Crippen molar-refractivity contribution in [3.05, 3.63) is 65.1 Å². The predicted molar refractivity (Wildman–Crippen MR) is 87.1 cm³/mol. The van der Waals surface area contributed by atoms with Crippen molar-refractivity contribution >= 4 is 40.0 Å². The van der Waals surface area contributed by atoms with Crippen LogP contribution in [0, 0.1) is 5.82 Å². The van der Waals surface area contributed by atoms with Gasteiger partial charge in [0.25, 0.3) is 0 Å². The molecule has 21 heavy (non-hydrogen) atoms. The standard InChI is InChI=1S/C16H12ClFN2S/c17-11-5-3-10(4-6-11)9-21-16-13(18)8-14(19)12-2-1-7-20-15(12)16/h1-8H,9,19H2. The van der Waals surface area contributed by atoms with Crippen LogP contribution in [0.1, 0.15) is 5.56 Å². The van der Waals surface area contributed by atoms with E-state index < -0.39 is 0 Å². The molecule has 1 heterocycles. The van der Waals surface area contributed by atoms with Gasteiger partial charge in [0.15, 0.2) is 0 Å². The first kappa shape index (κ1) is 14.2. The minimum absolute atomic E-state index is 0.335. The molecule has 0 aliphatic heterocycles. The molecule has 0 saturated heterocycles. The summed E-state index contributed by atoms with van der Waals surface area (Å²) in [7, 11) is 0. The Balaban J connectivity index is 1.95. The second kappa shape index (κ2) is 5.92. The molecule has 0 fully saturated rings. The highest BCUT2D eigenvalue weighted by Crippen LogP contribution is 2.34. The third-order valence-electron chi connectivity index (χ3n) is 3.13. The lowest BCUT2D eigenvalue weighted by molar-refractivity contribution is 0.605. The van der Waals surface area contributed by atoms with Crippen molar-refractivity contribution in [2.24, 2.45) is 0 Å². The van der Waals surface area contributed by atoms with Crippen LogP contribution in [0.3, 0.4) is 0 Å². The SMILES string of the molecule is Nc1cc(F)c(SCc2ccc(Cl)cc2)c2ncccc12. The number of nitrogen functional groups attached to an aromatic ring is 1. The highest BCUT2D eigenvalue weighted by Gasteiger charge is 2.12. The molecule has 0 saturated carbocycles. The number of pyridine rings is 1. The van der Waals surface area contributed by atoms with Crippen molar-refractivity contribution in [2.45, 2.75) is 10.6 Å². The van der Waals surface area contributed by atoms with Crippen molar-refractivity contribution < 1.29 is 4.39 Å². The molecule has 2 N–H and O–H groups in total. The van der Waals surface area contributed by atoms with Crippen molar-refractivity contribution in [1.82, 2.24) is 4.98 Å². The Morgan fingerprint density at radius 2 is 1.95 bits per heavy atom. The molecule has 106 valence electrons. The van der Waals surface area contributed by atoms with Gasteiger partial charge in [-0.15, -0.1) is 11.8 Å². The number of thioether (sulfide) groups is 1. The average Bonchev–Trinajstić information content (AvgIpc) is 2.49. The van der Waals surface area contributed by atoms with Crippen molar-refractivity contribution in [3.63, 3.8) is 0 Å².